The molecule has 1 N–H and O–H groups in total. The summed E-state index contributed by atoms with van der Waals surface area (Å²) in [4.78, 5) is 63.1. The number of allylic oxidation sites excluding steroid dienone is 2. The zero-order chi connectivity index (χ0) is 26.1. The maximum Gasteiger partial charge on any atom is 0.359 e. The van der Waals surface area contributed by atoms with E-state index in [0.29, 0.717) is 0 Å². The van der Waals surface area contributed by atoms with Crippen LogP contribution in [0.5, 0.6) is 0 Å². The van der Waals surface area contributed by atoms with Crippen LogP contribution in [0.1, 0.15) is 6.92 Å². The Kier molecular flexibility index (Phi) is 6.98. The maximum absolute atomic E-state index is 13.0. The summed E-state index contributed by atoms with van der Waals surface area (Å²) in [5.41, 5.74) is -0.478. The van der Waals surface area contributed by atoms with Gasteiger partial charge in [-0.15, -0.1) is 0 Å². The van der Waals surface area contributed by atoms with Gasteiger partial charge >= 0.3 is 12.0 Å². The molecule has 0 unspecified atom stereocenters. The Balaban J connectivity index is 1.94. The van der Waals surface area contributed by atoms with Crippen LogP contribution in [0, 0.1) is 5.92 Å². The van der Waals surface area contributed by atoms with Crippen LogP contribution in [-0.2, 0) is 34.0 Å². The molecule has 0 aromatic heterocycles. The van der Waals surface area contributed by atoms with Crippen LogP contribution in [0.3, 0.4) is 0 Å². The van der Waals surface area contributed by atoms with E-state index in [9.17, 15) is 32.4 Å². The van der Waals surface area contributed by atoms with Crippen molar-refractivity contribution in [3.63, 3.8) is 0 Å². The highest BCUT2D eigenvalue weighted by molar-refractivity contribution is 7.85. The molecule has 2 aliphatic heterocycles. The largest absolute Gasteiger partial charge is 0.461 e. The molecule has 3 rings (SSSR count). The fraction of sp³-hybridized carbons (Fsp3) is 0.238. The summed E-state index contributed by atoms with van der Waals surface area (Å²) < 4.78 is 36.5. The van der Waals surface area contributed by atoms with Crippen molar-refractivity contribution in [3.8, 4) is 0 Å². The van der Waals surface area contributed by atoms with Crippen molar-refractivity contribution in [2.75, 3.05) is 25.7 Å². The first kappa shape index (κ1) is 25.5. The number of carbonyl (C=O) groups is 5. The molecule has 2 heterocycles. The van der Waals surface area contributed by atoms with Gasteiger partial charge in [-0.3, -0.25) is 28.7 Å². The van der Waals surface area contributed by atoms with Crippen molar-refractivity contribution in [1.82, 2.24) is 9.80 Å². The number of hydrazone groups is 1. The standard InChI is InChI=1S/C21H20N4O9S/c1-4-34-20(29)16-14(6-5-7-15-17(26)23(2)21(30)24(3)18(15)27)19(28)25(22-16)12-8-10-13(11-9-12)35(31,32)33/h5-11,15H,4H2,1-3H3,(H,31,32,33)/b7-5+,14-6+. The van der Waals surface area contributed by atoms with Gasteiger partial charge in [0.25, 0.3) is 16.0 Å². The molecule has 35 heavy (non-hydrogen) atoms. The molecule has 0 atom stereocenters. The number of rotatable bonds is 6. The van der Waals surface area contributed by atoms with E-state index in [-0.39, 0.29) is 23.6 Å². The summed E-state index contributed by atoms with van der Waals surface area (Å²) in [7, 11) is -2.01. The topological polar surface area (TPSA) is 171 Å². The summed E-state index contributed by atoms with van der Waals surface area (Å²) in [5.74, 6) is -4.52. The van der Waals surface area contributed by atoms with Crippen LogP contribution in [0.4, 0.5) is 10.5 Å². The molecule has 2 aliphatic rings. The van der Waals surface area contributed by atoms with Gasteiger partial charge < -0.3 is 4.74 Å². The summed E-state index contributed by atoms with van der Waals surface area (Å²) in [5, 5.41) is 4.81. The highest BCUT2D eigenvalue weighted by Gasteiger charge is 2.41. The van der Waals surface area contributed by atoms with E-state index in [1.54, 1.807) is 6.92 Å². The number of anilines is 1. The molecule has 184 valence electrons. The summed E-state index contributed by atoms with van der Waals surface area (Å²) >= 11 is 0. The number of ether oxygens (including phenoxy) is 1. The molecule has 1 aromatic rings. The summed E-state index contributed by atoms with van der Waals surface area (Å²) in [6, 6.07) is 3.73. The summed E-state index contributed by atoms with van der Waals surface area (Å²) in [6.45, 7) is 1.55. The van der Waals surface area contributed by atoms with Gasteiger partial charge in [0, 0.05) is 14.1 Å². The number of urea groups is 1. The Morgan fingerprint density at radius 2 is 1.66 bits per heavy atom. The first-order valence-corrected chi connectivity index (χ1v) is 11.5. The molecule has 0 bridgehead atoms. The van der Waals surface area contributed by atoms with E-state index in [2.05, 4.69) is 5.10 Å². The second-order valence-corrected chi connectivity index (χ2v) is 8.70. The van der Waals surface area contributed by atoms with E-state index < -0.39 is 50.7 Å². The predicted octanol–water partition coefficient (Wildman–Crippen LogP) is 0.348. The lowest BCUT2D eigenvalue weighted by atomic mass is 10.0. The lowest BCUT2D eigenvalue weighted by molar-refractivity contribution is -0.145. The normalized spacial score (nSPS) is 18.8. The third kappa shape index (κ3) is 4.88. The average molecular weight is 504 g/mol. The Labute approximate surface area is 199 Å². The number of imide groups is 2. The smallest absolute Gasteiger partial charge is 0.359 e. The molecular formula is C21H20N4O9S. The van der Waals surface area contributed by atoms with Crippen molar-refractivity contribution in [1.29, 1.82) is 0 Å². The number of barbiturate groups is 1. The Morgan fingerprint density at radius 1 is 1.09 bits per heavy atom. The van der Waals surface area contributed by atoms with Crippen LogP contribution in [-0.4, -0.2) is 78.9 Å². The molecule has 0 spiro atoms. The zero-order valence-electron chi connectivity index (χ0n) is 18.7. The quantitative estimate of drug-likeness (QED) is 0.248. The molecule has 0 saturated carbocycles. The highest BCUT2D eigenvalue weighted by Crippen LogP contribution is 2.26. The molecule has 1 saturated heterocycles. The monoisotopic (exact) mass is 504 g/mol. The van der Waals surface area contributed by atoms with Gasteiger partial charge in [-0.1, -0.05) is 12.2 Å². The van der Waals surface area contributed by atoms with Crippen molar-refractivity contribution in [3.05, 3.63) is 48.1 Å². The minimum atomic E-state index is -4.46. The minimum Gasteiger partial charge on any atom is -0.461 e. The van der Waals surface area contributed by atoms with Crippen LogP contribution in [0.15, 0.2) is 58.1 Å². The van der Waals surface area contributed by atoms with Crippen LogP contribution in [0.2, 0.25) is 0 Å². The van der Waals surface area contributed by atoms with Crippen molar-refractivity contribution in [2.45, 2.75) is 11.8 Å². The Morgan fingerprint density at radius 3 is 2.17 bits per heavy atom. The first-order chi connectivity index (χ1) is 16.4. The van der Waals surface area contributed by atoms with Gasteiger partial charge in [0.2, 0.25) is 11.8 Å². The molecule has 13 nitrogen and oxygen atoms in total. The van der Waals surface area contributed by atoms with Gasteiger partial charge in [0.1, 0.15) is 5.92 Å². The molecule has 0 radical (unpaired) electrons. The third-order valence-corrected chi connectivity index (χ3v) is 5.93. The van der Waals surface area contributed by atoms with E-state index in [4.69, 9.17) is 9.29 Å². The molecule has 1 aromatic carbocycles. The lowest BCUT2D eigenvalue weighted by Crippen LogP contribution is -2.56. The second-order valence-electron chi connectivity index (χ2n) is 7.27. The summed E-state index contributed by atoms with van der Waals surface area (Å²) in [6.07, 6.45) is 3.56. The van der Waals surface area contributed by atoms with E-state index in [1.807, 2.05) is 0 Å². The predicted molar refractivity (Wildman–Crippen MR) is 119 cm³/mol. The van der Waals surface area contributed by atoms with Crippen LogP contribution in [0.25, 0.3) is 0 Å². The average Bonchev–Trinajstić information content (AvgIpc) is 3.14. The van der Waals surface area contributed by atoms with Crippen molar-refractivity contribution >= 4 is 51.2 Å². The van der Waals surface area contributed by atoms with Crippen molar-refractivity contribution < 1.29 is 41.7 Å². The Hall–Kier alpha value is -4.17. The number of hydrogen-bond acceptors (Lipinski definition) is 9. The maximum atomic E-state index is 13.0. The zero-order valence-corrected chi connectivity index (χ0v) is 19.6. The SMILES string of the molecule is CCOC(=O)C1=NN(c2ccc(S(=O)(=O)O)cc2)C(=O)/C1=C/C=C/C1C(=O)N(C)C(=O)N(C)C1=O. The fourth-order valence-electron chi connectivity index (χ4n) is 3.21. The van der Waals surface area contributed by atoms with Crippen LogP contribution >= 0.6 is 0 Å². The number of benzene rings is 1. The molecular weight excluding hydrogens is 484 g/mol. The van der Waals surface area contributed by atoms with Gasteiger partial charge in [-0.05, 0) is 37.3 Å². The minimum absolute atomic E-state index is 0.00397. The number of esters is 1. The number of nitrogens with zero attached hydrogens (tertiary/aromatic N) is 4. The molecule has 0 aliphatic carbocycles. The van der Waals surface area contributed by atoms with Gasteiger partial charge in [0.05, 0.1) is 22.8 Å². The van der Waals surface area contributed by atoms with E-state index >= 15 is 0 Å². The molecule has 5 amide bonds. The third-order valence-electron chi connectivity index (χ3n) is 5.06. The highest BCUT2D eigenvalue weighted by atomic mass is 32.2. The van der Waals surface area contributed by atoms with Gasteiger partial charge in [0.15, 0.2) is 5.71 Å². The van der Waals surface area contributed by atoms with E-state index in [1.165, 1.54) is 44.5 Å². The van der Waals surface area contributed by atoms with E-state index in [0.717, 1.165) is 26.9 Å². The van der Waals surface area contributed by atoms with Crippen molar-refractivity contribution in [2.24, 2.45) is 11.0 Å². The Bertz CT molecular complexity index is 1290. The number of amides is 5. The lowest BCUT2D eigenvalue weighted by Gasteiger charge is -2.31. The second kappa shape index (κ2) is 9.60. The number of hydrogen-bond donors (Lipinski definition) is 1. The number of carbonyl (C=O) groups excluding carboxylic acids is 5. The molecule has 14 heteroatoms. The molecule has 1 fully saturated rings. The van der Waals surface area contributed by atoms with Gasteiger partial charge in [-0.25, -0.2) is 9.59 Å². The van der Waals surface area contributed by atoms with Gasteiger partial charge in [-0.2, -0.15) is 18.5 Å². The fourth-order valence-corrected chi connectivity index (χ4v) is 3.69. The first-order valence-electron chi connectivity index (χ1n) is 10.0. The van der Waals surface area contributed by atoms with Crippen LogP contribution < -0.4 is 5.01 Å².